The highest BCUT2D eigenvalue weighted by molar-refractivity contribution is 7.10. The molecule has 0 fully saturated rings. The molecule has 5 heteroatoms. The Morgan fingerprint density at radius 3 is 3.00 bits per heavy atom. The average molecular weight is 265 g/mol. The van der Waals surface area contributed by atoms with Gasteiger partial charge in [-0.2, -0.15) is 0 Å². The monoisotopic (exact) mass is 264 g/mol. The minimum Gasteiger partial charge on any atom is -0.320 e. The number of hydrogen-bond acceptors (Lipinski definition) is 3. The van der Waals surface area contributed by atoms with Gasteiger partial charge in [-0.05, 0) is 29.7 Å². The predicted molar refractivity (Wildman–Crippen MR) is 71.2 cm³/mol. The maximum atomic E-state index is 11.6. The van der Waals surface area contributed by atoms with Gasteiger partial charge in [0.05, 0.1) is 5.69 Å². The lowest BCUT2D eigenvalue weighted by Gasteiger charge is -2.02. The Bertz CT molecular complexity index is 537. The van der Waals surface area contributed by atoms with Crippen molar-refractivity contribution in [3.05, 3.63) is 51.9 Å². The SMILES string of the molecule is O=C(/C=C/c1cccs1)Nc1cccnc1Cl. The summed E-state index contributed by atoms with van der Waals surface area (Å²) in [5.41, 5.74) is 0.509. The molecule has 0 spiro atoms. The second kappa shape index (κ2) is 5.61. The number of hydrogen-bond donors (Lipinski definition) is 1. The number of halogens is 1. The zero-order valence-corrected chi connectivity index (χ0v) is 10.3. The summed E-state index contributed by atoms with van der Waals surface area (Å²) in [4.78, 5) is 16.5. The van der Waals surface area contributed by atoms with Crippen molar-refractivity contribution in [2.24, 2.45) is 0 Å². The Labute approximate surface area is 108 Å². The molecule has 0 aromatic carbocycles. The fourth-order valence-corrected chi connectivity index (χ4v) is 1.98. The van der Waals surface area contributed by atoms with E-state index in [2.05, 4.69) is 10.3 Å². The topological polar surface area (TPSA) is 42.0 Å². The second-order valence-electron chi connectivity index (χ2n) is 3.18. The van der Waals surface area contributed by atoms with Crippen LogP contribution >= 0.6 is 22.9 Å². The number of nitrogens with one attached hydrogen (secondary N) is 1. The molecule has 0 atom stereocenters. The molecule has 2 aromatic heterocycles. The van der Waals surface area contributed by atoms with Crippen molar-refractivity contribution in [2.45, 2.75) is 0 Å². The van der Waals surface area contributed by atoms with E-state index < -0.39 is 0 Å². The van der Waals surface area contributed by atoms with E-state index in [9.17, 15) is 4.79 Å². The largest absolute Gasteiger partial charge is 0.320 e. The van der Waals surface area contributed by atoms with Gasteiger partial charge < -0.3 is 5.32 Å². The molecule has 0 saturated heterocycles. The van der Waals surface area contributed by atoms with Gasteiger partial charge in [-0.1, -0.05) is 17.7 Å². The van der Waals surface area contributed by atoms with Gasteiger partial charge in [0, 0.05) is 17.2 Å². The molecule has 86 valence electrons. The fraction of sp³-hybridized carbons (Fsp3) is 0. The van der Waals surface area contributed by atoms with Crippen LogP contribution in [0.5, 0.6) is 0 Å². The molecule has 0 radical (unpaired) electrons. The highest BCUT2D eigenvalue weighted by Crippen LogP contribution is 2.17. The number of aromatic nitrogens is 1. The van der Waals surface area contributed by atoms with Crippen molar-refractivity contribution in [1.82, 2.24) is 4.98 Å². The molecule has 3 nitrogen and oxygen atoms in total. The van der Waals surface area contributed by atoms with Crippen LogP contribution < -0.4 is 5.32 Å². The maximum absolute atomic E-state index is 11.6. The van der Waals surface area contributed by atoms with Crippen LogP contribution in [-0.4, -0.2) is 10.9 Å². The summed E-state index contributed by atoms with van der Waals surface area (Å²) in [5, 5.41) is 4.89. The van der Waals surface area contributed by atoms with Crippen LogP contribution in [0.4, 0.5) is 5.69 Å². The lowest BCUT2D eigenvalue weighted by atomic mass is 10.3. The summed E-state index contributed by atoms with van der Waals surface area (Å²) in [6.45, 7) is 0. The molecule has 0 aliphatic rings. The first-order valence-corrected chi connectivity index (χ1v) is 6.14. The summed E-state index contributed by atoms with van der Waals surface area (Å²) in [5.74, 6) is -0.228. The molecule has 0 aliphatic heterocycles. The second-order valence-corrected chi connectivity index (χ2v) is 4.52. The van der Waals surface area contributed by atoms with Crippen LogP contribution in [0.25, 0.3) is 6.08 Å². The number of amides is 1. The molecule has 2 aromatic rings. The van der Waals surface area contributed by atoms with Crippen molar-refractivity contribution in [3.8, 4) is 0 Å². The molecule has 0 saturated carbocycles. The van der Waals surface area contributed by atoms with Crippen LogP contribution in [0.1, 0.15) is 4.88 Å². The number of carbonyl (C=O) groups excluding carboxylic acids is 1. The van der Waals surface area contributed by atoms with Crippen LogP contribution in [-0.2, 0) is 4.79 Å². The van der Waals surface area contributed by atoms with Gasteiger partial charge in [-0.3, -0.25) is 4.79 Å². The lowest BCUT2D eigenvalue weighted by Crippen LogP contribution is -2.08. The van der Waals surface area contributed by atoms with Crippen molar-refractivity contribution < 1.29 is 4.79 Å². The average Bonchev–Trinajstić information content (AvgIpc) is 2.82. The number of thiophene rings is 1. The van der Waals surface area contributed by atoms with E-state index in [0.29, 0.717) is 5.69 Å². The zero-order valence-electron chi connectivity index (χ0n) is 8.76. The van der Waals surface area contributed by atoms with Crippen molar-refractivity contribution >= 4 is 40.6 Å². The number of pyridine rings is 1. The van der Waals surface area contributed by atoms with E-state index >= 15 is 0 Å². The van der Waals surface area contributed by atoms with Gasteiger partial charge in [0.15, 0.2) is 5.15 Å². The molecule has 1 N–H and O–H groups in total. The van der Waals surface area contributed by atoms with Gasteiger partial charge in [-0.15, -0.1) is 11.3 Å². The van der Waals surface area contributed by atoms with E-state index in [4.69, 9.17) is 11.6 Å². The van der Waals surface area contributed by atoms with Crippen LogP contribution in [0, 0.1) is 0 Å². The van der Waals surface area contributed by atoms with Crippen molar-refractivity contribution in [3.63, 3.8) is 0 Å². The first-order valence-electron chi connectivity index (χ1n) is 4.89. The summed E-state index contributed by atoms with van der Waals surface area (Å²) < 4.78 is 0. The summed E-state index contributed by atoms with van der Waals surface area (Å²) in [6, 6.07) is 7.28. The predicted octanol–water partition coefficient (Wildman–Crippen LogP) is 3.45. The van der Waals surface area contributed by atoms with Crippen LogP contribution in [0.3, 0.4) is 0 Å². The molecule has 2 rings (SSSR count). The Balaban J connectivity index is 2.01. The Hall–Kier alpha value is -1.65. The van der Waals surface area contributed by atoms with E-state index in [1.807, 2.05) is 17.5 Å². The van der Waals surface area contributed by atoms with Crippen molar-refractivity contribution in [1.29, 1.82) is 0 Å². The first kappa shape index (κ1) is 11.8. The third kappa shape index (κ3) is 3.41. The molecule has 0 unspecified atom stereocenters. The maximum Gasteiger partial charge on any atom is 0.248 e. The van der Waals surface area contributed by atoms with Crippen molar-refractivity contribution in [2.75, 3.05) is 5.32 Å². The smallest absolute Gasteiger partial charge is 0.248 e. The molecular formula is C12H9ClN2OS. The van der Waals surface area contributed by atoms with Gasteiger partial charge in [-0.25, -0.2) is 4.98 Å². The minimum absolute atomic E-state index is 0.228. The van der Waals surface area contributed by atoms with E-state index in [0.717, 1.165) is 4.88 Å². The summed E-state index contributed by atoms with van der Waals surface area (Å²) in [6.07, 6.45) is 4.79. The highest BCUT2D eigenvalue weighted by Gasteiger charge is 2.02. The zero-order chi connectivity index (χ0) is 12.1. The number of carbonyl (C=O) groups is 1. The van der Waals surface area contributed by atoms with Crippen LogP contribution in [0.15, 0.2) is 41.9 Å². The Kier molecular flexibility index (Phi) is 3.90. The third-order valence-corrected chi connectivity index (χ3v) is 3.10. The van der Waals surface area contributed by atoms with Gasteiger partial charge in [0.25, 0.3) is 0 Å². The summed E-state index contributed by atoms with van der Waals surface area (Å²) >= 11 is 7.39. The highest BCUT2D eigenvalue weighted by atomic mass is 35.5. The molecule has 1 amide bonds. The van der Waals surface area contributed by atoms with E-state index in [1.165, 1.54) is 6.08 Å². The molecular weight excluding hydrogens is 256 g/mol. The van der Waals surface area contributed by atoms with Crippen LogP contribution in [0.2, 0.25) is 5.15 Å². The normalized spacial score (nSPS) is 10.6. The van der Waals surface area contributed by atoms with Gasteiger partial charge in [0.1, 0.15) is 0 Å². The molecule has 0 aliphatic carbocycles. The molecule has 17 heavy (non-hydrogen) atoms. The van der Waals surface area contributed by atoms with E-state index in [-0.39, 0.29) is 11.1 Å². The quantitative estimate of drug-likeness (QED) is 0.681. The third-order valence-electron chi connectivity index (χ3n) is 1.96. The lowest BCUT2D eigenvalue weighted by molar-refractivity contribution is -0.111. The molecule has 0 bridgehead atoms. The fourth-order valence-electron chi connectivity index (χ4n) is 1.20. The number of rotatable bonds is 3. The number of nitrogens with zero attached hydrogens (tertiary/aromatic N) is 1. The molecule has 2 heterocycles. The minimum atomic E-state index is -0.228. The Morgan fingerprint density at radius 1 is 1.41 bits per heavy atom. The van der Waals surface area contributed by atoms with Gasteiger partial charge in [0.2, 0.25) is 5.91 Å². The Morgan fingerprint density at radius 2 is 2.29 bits per heavy atom. The summed E-state index contributed by atoms with van der Waals surface area (Å²) in [7, 11) is 0. The van der Waals surface area contributed by atoms with Gasteiger partial charge >= 0.3 is 0 Å². The van der Waals surface area contributed by atoms with E-state index in [1.54, 1.807) is 35.7 Å². The first-order chi connectivity index (χ1) is 8.25. The number of anilines is 1. The standard InChI is InChI=1S/C12H9ClN2OS/c13-12-10(4-1-7-14-12)15-11(16)6-5-9-3-2-8-17-9/h1-8H,(H,15,16)/b6-5+.